The standard InChI is InChI=1S/C19H21N5O2S/c1-14-13-16(24(9-11-25)10-12-26)7-8-17(14)21-22-19-20-18(23-27-19)15-5-3-2-4-6-15/h2-8,13,25-26H,9-12H2,1H3. The molecule has 0 saturated heterocycles. The highest BCUT2D eigenvalue weighted by Gasteiger charge is 2.08. The minimum absolute atomic E-state index is 0.0291. The zero-order valence-corrected chi connectivity index (χ0v) is 15.8. The lowest BCUT2D eigenvalue weighted by atomic mass is 10.1. The quantitative estimate of drug-likeness (QED) is 0.578. The van der Waals surface area contributed by atoms with E-state index in [0.29, 0.717) is 24.0 Å². The second kappa shape index (κ2) is 9.31. The van der Waals surface area contributed by atoms with E-state index in [1.165, 1.54) is 11.5 Å². The zero-order valence-electron chi connectivity index (χ0n) is 15.0. The lowest BCUT2D eigenvalue weighted by molar-refractivity contribution is 0.281. The maximum absolute atomic E-state index is 9.17. The van der Waals surface area contributed by atoms with Crippen LogP contribution in [0.4, 0.5) is 16.5 Å². The number of aryl methyl sites for hydroxylation is 1. The molecule has 0 fully saturated rings. The first-order valence-electron chi connectivity index (χ1n) is 8.59. The van der Waals surface area contributed by atoms with Gasteiger partial charge in [0.25, 0.3) is 0 Å². The van der Waals surface area contributed by atoms with Crippen molar-refractivity contribution >= 4 is 28.0 Å². The Kier molecular flexibility index (Phi) is 6.59. The van der Waals surface area contributed by atoms with Crippen molar-refractivity contribution in [3.8, 4) is 11.4 Å². The predicted molar refractivity (Wildman–Crippen MR) is 107 cm³/mol. The van der Waals surface area contributed by atoms with Crippen LogP contribution in [0.1, 0.15) is 5.56 Å². The van der Waals surface area contributed by atoms with Gasteiger partial charge in [0, 0.05) is 35.9 Å². The van der Waals surface area contributed by atoms with Crippen molar-refractivity contribution in [1.82, 2.24) is 9.36 Å². The van der Waals surface area contributed by atoms with Crippen LogP contribution in [0, 0.1) is 6.92 Å². The van der Waals surface area contributed by atoms with Gasteiger partial charge in [-0.1, -0.05) is 30.3 Å². The van der Waals surface area contributed by atoms with Crippen LogP contribution < -0.4 is 4.90 Å². The number of benzene rings is 2. The van der Waals surface area contributed by atoms with Gasteiger partial charge in [0.15, 0.2) is 5.82 Å². The van der Waals surface area contributed by atoms with Gasteiger partial charge in [-0.25, -0.2) is 0 Å². The van der Waals surface area contributed by atoms with Crippen LogP contribution in [0.5, 0.6) is 0 Å². The molecular formula is C19H21N5O2S. The van der Waals surface area contributed by atoms with Gasteiger partial charge in [-0.15, -0.1) is 10.2 Å². The number of rotatable bonds is 8. The summed E-state index contributed by atoms with van der Waals surface area (Å²) in [6.07, 6.45) is 0. The van der Waals surface area contributed by atoms with E-state index in [4.69, 9.17) is 0 Å². The van der Waals surface area contributed by atoms with Crippen LogP contribution in [-0.2, 0) is 0 Å². The third-order valence-electron chi connectivity index (χ3n) is 3.98. The van der Waals surface area contributed by atoms with E-state index in [9.17, 15) is 10.2 Å². The Labute approximate surface area is 161 Å². The number of nitrogens with zero attached hydrogens (tertiary/aromatic N) is 5. The predicted octanol–water partition coefficient (Wildman–Crippen LogP) is 3.72. The molecular weight excluding hydrogens is 362 g/mol. The molecule has 2 N–H and O–H groups in total. The Morgan fingerprint density at radius 3 is 2.41 bits per heavy atom. The lowest BCUT2D eigenvalue weighted by Crippen LogP contribution is -2.29. The molecule has 0 saturated carbocycles. The van der Waals surface area contributed by atoms with Gasteiger partial charge in [-0.3, -0.25) is 0 Å². The van der Waals surface area contributed by atoms with E-state index in [1.807, 2.05) is 60.4 Å². The highest BCUT2D eigenvalue weighted by Crippen LogP contribution is 2.28. The van der Waals surface area contributed by atoms with Gasteiger partial charge >= 0.3 is 0 Å². The maximum atomic E-state index is 9.17. The van der Waals surface area contributed by atoms with Crippen molar-refractivity contribution in [2.45, 2.75) is 6.92 Å². The van der Waals surface area contributed by atoms with E-state index < -0.39 is 0 Å². The largest absolute Gasteiger partial charge is 0.395 e. The SMILES string of the molecule is Cc1cc(N(CCO)CCO)ccc1N=Nc1nc(-c2ccccc2)ns1. The smallest absolute Gasteiger partial charge is 0.249 e. The number of aliphatic hydroxyl groups is 2. The lowest BCUT2D eigenvalue weighted by Gasteiger charge is -2.23. The second-order valence-electron chi connectivity index (χ2n) is 5.87. The molecule has 1 aromatic heterocycles. The molecule has 0 aliphatic rings. The highest BCUT2D eigenvalue weighted by molar-refractivity contribution is 7.09. The van der Waals surface area contributed by atoms with Crippen LogP contribution in [0.3, 0.4) is 0 Å². The Morgan fingerprint density at radius 1 is 1.00 bits per heavy atom. The summed E-state index contributed by atoms with van der Waals surface area (Å²) in [4.78, 5) is 6.32. The molecule has 8 heteroatoms. The molecule has 0 amide bonds. The molecule has 0 unspecified atom stereocenters. The fourth-order valence-corrected chi connectivity index (χ4v) is 3.14. The summed E-state index contributed by atoms with van der Waals surface area (Å²) in [6.45, 7) is 2.94. The van der Waals surface area contributed by atoms with E-state index in [1.54, 1.807) is 0 Å². The molecule has 0 aliphatic heterocycles. The Hall–Kier alpha value is -2.68. The topological polar surface area (TPSA) is 94.2 Å². The average molecular weight is 383 g/mol. The van der Waals surface area contributed by atoms with Crippen molar-refractivity contribution in [2.75, 3.05) is 31.2 Å². The van der Waals surface area contributed by atoms with Crippen molar-refractivity contribution in [3.63, 3.8) is 0 Å². The van der Waals surface area contributed by atoms with E-state index in [0.717, 1.165) is 22.5 Å². The van der Waals surface area contributed by atoms with Gasteiger partial charge in [-0.05, 0) is 30.7 Å². The van der Waals surface area contributed by atoms with Crippen LogP contribution in [0.25, 0.3) is 11.4 Å². The van der Waals surface area contributed by atoms with Crippen molar-refractivity contribution in [3.05, 3.63) is 54.1 Å². The first kappa shape index (κ1) is 19.1. The Balaban J connectivity index is 1.75. The number of aromatic nitrogens is 2. The van der Waals surface area contributed by atoms with Gasteiger partial charge in [0.2, 0.25) is 5.13 Å². The van der Waals surface area contributed by atoms with E-state index >= 15 is 0 Å². The number of azo groups is 1. The zero-order chi connectivity index (χ0) is 19.1. The first-order chi connectivity index (χ1) is 13.2. The summed E-state index contributed by atoms with van der Waals surface area (Å²) in [5.74, 6) is 0.644. The van der Waals surface area contributed by atoms with Crippen LogP contribution >= 0.6 is 11.5 Å². The van der Waals surface area contributed by atoms with Crippen molar-refractivity contribution < 1.29 is 10.2 Å². The molecule has 3 aromatic rings. The van der Waals surface area contributed by atoms with Crippen molar-refractivity contribution in [2.24, 2.45) is 10.2 Å². The average Bonchev–Trinajstić information content (AvgIpc) is 3.16. The number of aliphatic hydroxyl groups excluding tert-OH is 2. The summed E-state index contributed by atoms with van der Waals surface area (Å²) in [7, 11) is 0. The Bertz CT molecular complexity index is 892. The molecule has 0 spiro atoms. The highest BCUT2D eigenvalue weighted by atomic mass is 32.1. The van der Waals surface area contributed by atoms with Crippen molar-refractivity contribution in [1.29, 1.82) is 0 Å². The molecule has 3 rings (SSSR count). The number of hydrogen-bond donors (Lipinski definition) is 2. The molecule has 0 aliphatic carbocycles. The molecule has 0 bridgehead atoms. The number of hydrogen-bond acceptors (Lipinski definition) is 8. The summed E-state index contributed by atoms with van der Waals surface area (Å²) in [5, 5.41) is 27.3. The van der Waals surface area contributed by atoms with E-state index in [2.05, 4.69) is 19.6 Å². The summed E-state index contributed by atoms with van der Waals surface area (Å²) >= 11 is 1.21. The van der Waals surface area contributed by atoms with Crippen LogP contribution in [0.2, 0.25) is 0 Å². The molecule has 2 aromatic carbocycles. The molecule has 0 atom stereocenters. The molecule has 1 heterocycles. The monoisotopic (exact) mass is 383 g/mol. The minimum atomic E-state index is 0.0291. The third-order valence-corrected chi connectivity index (χ3v) is 4.58. The summed E-state index contributed by atoms with van der Waals surface area (Å²) < 4.78 is 4.32. The number of anilines is 1. The van der Waals surface area contributed by atoms with Gasteiger partial charge in [0.1, 0.15) is 0 Å². The molecule has 27 heavy (non-hydrogen) atoms. The van der Waals surface area contributed by atoms with Gasteiger partial charge in [-0.2, -0.15) is 9.36 Å². The molecule has 7 nitrogen and oxygen atoms in total. The fraction of sp³-hybridized carbons (Fsp3) is 0.263. The molecule has 140 valence electrons. The fourth-order valence-electron chi connectivity index (χ4n) is 2.62. The maximum Gasteiger partial charge on any atom is 0.249 e. The van der Waals surface area contributed by atoms with Gasteiger partial charge in [0.05, 0.1) is 18.9 Å². The minimum Gasteiger partial charge on any atom is -0.395 e. The van der Waals surface area contributed by atoms with Crippen LogP contribution in [0.15, 0.2) is 58.8 Å². The summed E-state index contributed by atoms with van der Waals surface area (Å²) in [6, 6.07) is 15.5. The van der Waals surface area contributed by atoms with Crippen LogP contribution in [-0.4, -0.2) is 45.9 Å². The third kappa shape index (κ3) is 4.94. The summed E-state index contributed by atoms with van der Waals surface area (Å²) in [5.41, 5.74) is 3.56. The molecule has 0 radical (unpaired) electrons. The van der Waals surface area contributed by atoms with Gasteiger partial charge < -0.3 is 15.1 Å². The normalized spacial score (nSPS) is 11.2. The van der Waals surface area contributed by atoms with E-state index in [-0.39, 0.29) is 13.2 Å². The first-order valence-corrected chi connectivity index (χ1v) is 9.37. The Morgan fingerprint density at radius 2 is 1.74 bits per heavy atom. The second-order valence-corrected chi connectivity index (χ2v) is 6.60.